The number of pyridine rings is 1. The van der Waals surface area contributed by atoms with Crippen molar-refractivity contribution in [2.75, 3.05) is 11.9 Å². The summed E-state index contributed by atoms with van der Waals surface area (Å²) in [5, 5.41) is 15.7. The molecule has 0 aliphatic rings. The molecule has 0 radical (unpaired) electrons. The van der Waals surface area contributed by atoms with E-state index in [1.165, 1.54) is 16.7 Å². The van der Waals surface area contributed by atoms with E-state index in [-0.39, 0.29) is 12.5 Å². The number of benzene rings is 1. The van der Waals surface area contributed by atoms with Crippen molar-refractivity contribution < 1.29 is 9.90 Å². The molecule has 0 unspecified atom stereocenters. The topological polar surface area (TPSA) is 78.7 Å². The number of amides is 1. The van der Waals surface area contributed by atoms with Crippen molar-refractivity contribution in [2.24, 2.45) is 0 Å². The number of aromatic nitrogens is 2. The normalized spacial score (nSPS) is 12.2. The van der Waals surface area contributed by atoms with Gasteiger partial charge in [0.2, 0.25) is 0 Å². The van der Waals surface area contributed by atoms with Gasteiger partial charge in [-0.05, 0) is 56.9 Å². The van der Waals surface area contributed by atoms with Crippen molar-refractivity contribution in [3.8, 4) is 0 Å². The number of nitrogens with zero attached hydrogens (tertiary/aromatic N) is 2. The molecule has 2 heterocycles. The molecule has 0 bridgehead atoms. The predicted octanol–water partition coefficient (Wildman–Crippen LogP) is 3.54. The van der Waals surface area contributed by atoms with Crippen LogP contribution in [0.3, 0.4) is 0 Å². The Labute approximate surface area is 172 Å². The summed E-state index contributed by atoms with van der Waals surface area (Å²) in [5.41, 5.74) is 7.91. The highest BCUT2D eigenvalue weighted by Crippen LogP contribution is 2.24. The van der Waals surface area contributed by atoms with E-state index in [0.29, 0.717) is 12.1 Å². The maximum Gasteiger partial charge on any atom is 0.252 e. The Morgan fingerprint density at radius 3 is 2.72 bits per heavy atom. The van der Waals surface area contributed by atoms with Gasteiger partial charge in [0, 0.05) is 25.0 Å². The monoisotopic (exact) mass is 394 g/mol. The van der Waals surface area contributed by atoms with Crippen LogP contribution in [-0.4, -0.2) is 33.0 Å². The maximum absolute atomic E-state index is 12.6. The van der Waals surface area contributed by atoms with Gasteiger partial charge in [0.05, 0.1) is 23.0 Å². The minimum atomic E-state index is -0.592. The van der Waals surface area contributed by atoms with Crippen LogP contribution in [0.25, 0.3) is 5.65 Å². The first-order valence-electron chi connectivity index (χ1n) is 10.1. The van der Waals surface area contributed by atoms with Crippen LogP contribution in [0.2, 0.25) is 0 Å². The van der Waals surface area contributed by atoms with Crippen LogP contribution in [0.5, 0.6) is 0 Å². The average Bonchev–Trinajstić information content (AvgIpc) is 2.99. The zero-order chi connectivity index (χ0) is 21.1. The number of imidazole rings is 1. The van der Waals surface area contributed by atoms with Crippen LogP contribution in [0, 0.1) is 20.8 Å². The predicted molar refractivity (Wildman–Crippen MR) is 117 cm³/mol. The number of hydrogen-bond acceptors (Lipinski definition) is 4. The van der Waals surface area contributed by atoms with Crippen LogP contribution in [0.15, 0.2) is 30.5 Å². The summed E-state index contributed by atoms with van der Waals surface area (Å²) in [6.45, 7) is 10.8. The smallest absolute Gasteiger partial charge is 0.252 e. The molecular formula is C23H30N4O2. The molecule has 6 nitrogen and oxygen atoms in total. The Morgan fingerprint density at radius 1 is 1.28 bits per heavy atom. The molecular weight excluding hydrogens is 364 g/mol. The van der Waals surface area contributed by atoms with Gasteiger partial charge in [-0.2, -0.15) is 0 Å². The van der Waals surface area contributed by atoms with Gasteiger partial charge in [-0.15, -0.1) is 0 Å². The number of fused-ring (bicyclic) bond motifs is 1. The fraction of sp³-hybridized carbons (Fsp3) is 0.391. The van der Waals surface area contributed by atoms with Gasteiger partial charge in [-0.1, -0.05) is 25.1 Å². The largest absolute Gasteiger partial charge is 0.392 e. The average molecular weight is 395 g/mol. The number of hydrogen-bond donors (Lipinski definition) is 3. The molecule has 1 amide bonds. The molecule has 1 atom stereocenters. The standard InChI is InChI=1S/C23H30N4O2/c1-6-18-9-7-8-14(2)20(18)12-24-21-10-19(23(29)25-11-15(3)28)13-27-17(5)16(4)26-22(21)27/h7-10,13,15,24,28H,6,11-12H2,1-5H3,(H,25,29)/t15-/m0/s1. The number of carbonyl (C=O) groups excluding carboxylic acids is 1. The quantitative estimate of drug-likeness (QED) is 0.573. The van der Waals surface area contributed by atoms with E-state index in [1.807, 2.05) is 24.3 Å². The highest BCUT2D eigenvalue weighted by molar-refractivity contribution is 5.96. The van der Waals surface area contributed by atoms with E-state index in [0.717, 1.165) is 29.1 Å². The number of aryl methyl sites for hydroxylation is 4. The summed E-state index contributed by atoms with van der Waals surface area (Å²) < 4.78 is 1.95. The van der Waals surface area contributed by atoms with Gasteiger partial charge < -0.3 is 20.1 Å². The summed E-state index contributed by atoms with van der Waals surface area (Å²) in [7, 11) is 0. The molecule has 0 fully saturated rings. The van der Waals surface area contributed by atoms with Crippen LogP contribution >= 0.6 is 0 Å². The van der Waals surface area contributed by atoms with Crippen molar-refractivity contribution >= 4 is 17.2 Å². The molecule has 3 aromatic rings. The molecule has 3 N–H and O–H groups in total. The summed E-state index contributed by atoms with van der Waals surface area (Å²) >= 11 is 0. The number of nitrogens with one attached hydrogen (secondary N) is 2. The number of carbonyl (C=O) groups is 1. The Hall–Kier alpha value is -2.86. The second-order valence-corrected chi connectivity index (χ2v) is 7.60. The molecule has 3 rings (SSSR count). The summed E-state index contributed by atoms with van der Waals surface area (Å²) in [5.74, 6) is -0.216. The molecule has 29 heavy (non-hydrogen) atoms. The molecule has 154 valence electrons. The Morgan fingerprint density at radius 2 is 2.03 bits per heavy atom. The van der Waals surface area contributed by atoms with E-state index in [9.17, 15) is 9.90 Å². The van der Waals surface area contributed by atoms with E-state index < -0.39 is 6.10 Å². The maximum atomic E-state index is 12.6. The number of aliphatic hydroxyl groups is 1. The van der Waals surface area contributed by atoms with Gasteiger partial charge in [-0.3, -0.25) is 4.79 Å². The third-order valence-corrected chi connectivity index (χ3v) is 5.36. The summed E-state index contributed by atoms with van der Waals surface area (Å²) in [6.07, 6.45) is 2.18. The third-order valence-electron chi connectivity index (χ3n) is 5.36. The number of anilines is 1. The number of aliphatic hydroxyl groups excluding tert-OH is 1. The lowest BCUT2D eigenvalue weighted by Gasteiger charge is -2.15. The lowest BCUT2D eigenvalue weighted by atomic mass is 10.00. The van der Waals surface area contributed by atoms with E-state index >= 15 is 0 Å². The lowest BCUT2D eigenvalue weighted by molar-refractivity contribution is 0.0923. The molecule has 0 spiro atoms. The van der Waals surface area contributed by atoms with Crippen LogP contribution in [-0.2, 0) is 13.0 Å². The van der Waals surface area contributed by atoms with Crippen molar-refractivity contribution in [1.29, 1.82) is 0 Å². The highest BCUT2D eigenvalue weighted by Gasteiger charge is 2.15. The first-order chi connectivity index (χ1) is 13.8. The van der Waals surface area contributed by atoms with Gasteiger partial charge in [0.1, 0.15) is 0 Å². The second kappa shape index (κ2) is 8.66. The SMILES string of the molecule is CCc1cccc(C)c1CNc1cc(C(=O)NC[C@H](C)O)cn2c(C)c(C)nc12. The molecule has 0 saturated heterocycles. The molecule has 0 aliphatic carbocycles. The van der Waals surface area contributed by atoms with Crippen LogP contribution in [0.4, 0.5) is 5.69 Å². The zero-order valence-corrected chi connectivity index (χ0v) is 17.8. The van der Waals surface area contributed by atoms with Gasteiger partial charge in [-0.25, -0.2) is 4.98 Å². The van der Waals surface area contributed by atoms with Crippen molar-refractivity contribution in [1.82, 2.24) is 14.7 Å². The van der Waals surface area contributed by atoms with Gasteiger partial charge >= 0.3 is 0 Å². The molecule has 6 heteroatoms. The summed E-state index contributed by atoms with van der Waals surface area (Å²) in [6, 6.07) is 8.20. The highest BCUT2D eigenvalue weighted by atomic mass is 16.3. The zero-order valence-electron chi connectivity index (χ0n) is 17.8. The van der Waals surface area contributed by atoms with Gasteiger partial charge in [0.15, 0.2) is 5.65 Å². The first-order valence-corrected chi connectivity index (χ1v) is 10.1. The first kappa shape index (κ1) is 20.9. The lowest BCUT2D eigenvalue weighted by Crippen LogP contribution is -2.30. The summed E-state index contributed by atoms with van der Waals surface area (Å²) in [4.78, 5) is 17.3. The van der Waals surface area contributed by atoms with Crippen LogP contribution < -0.4 is 10.6 Å². The van der Waals surface area contributed by atoms with E-state index in [1.54, 1.807) is 13.1 Å². The molecule has 1 aromatic carbocycles. The van der Waals surface area contributed by atoms with Crippen molar-refractivity contribution in [2.45, 2.75) is 53.7 Å². The molecule has 2 aromatic heterocycles. The van der Waals surface area contributed by atoms with Crippen molar-refractivity contribution in [3.63, 3.8) is 0 Å². The minimum Gasteiger partial charge on any atom is -0.392 e. The fourth-order valence-corrected chi connectivity index (χ4v) is 3.50. The Kier molecular flexibility index (Phi) is 6.23. The Bertz CT molecular complexity index is 1040. The second-order valence-electron chi connectivity index (χ2n) is 7.60. The number of rotatable bonds is 7. The molecule has 0 aliphatic heterocycles. The van der Waals surface area contributed by atoms with E-state index in [4.69, 9.17) is 4.98 Å². The van der Waals surface area contributed by atoms with Gasteiger partial charge in [0.25, 0.3) is 5.91 Å². The fourth-order valence-electron chi connectivity index (χ4n) is 3.50. The third kappa shape index (κ3) is 4.43. The van der Waals surface area contributed by atoms with Crippen LogP contribution in [0.1, 0.15) is 52.3 Å². The minimum absolute atomic E-state index is 0.213. The Balaban J connectivity index is 1.98. The molecule has 0 saturated carbocycles. The van der Waals surface area contributed by atoms with E-state index in [2.05, 4.69) is 42.7 Å². The van der Waals surface area contributed by atoms with Crippen molar-refractivity contribution in [3.05, 3.63) is 64.1 Å².